The number of hydrogen-bond acceptors (Lipinski definition) is 8. The Balaban J connectivity index is 2.59. The maximum absolute atomic E-state index is 12.1. The molecule has 0 saturated carbocycles. The molecule has 2 aromatic rings. The maximum atomic E-state index is 12.1. The van der Waals surface area contributed by atoms with Crippen LogP contribution in [0.25, 0.3) is 11.4 Å². The highest BCUT2D eigenvalue weighted by Gasteiger charge is 2.24. The van der Waals surface area contributed by atoms with Crippen molar-refractivity contribution in [3.63, 3.8) is 0 Å². The van der Waals surface area contributed by atoms with Crippen LogP contribution in [0.4, 0.5) is 5.82 Å². The van der Waals surface area contributed by atoms with E-state index in [4.69, 9.17) is 25.7 Å². The molecule has 1 heterocycles. The average molecular weight is 337 g/mol. The second-order valence-corrected chi connectivity index (χ2v) is 4.91. The second kappa shape index (κ2) is 7.75. The summed E-state index contributed by atoms with van der Waals surface area (Å²) in [5.41, 5.74) is 6.71. The van der Waals surface area contributed by atoms with Crippen molar-refractivity contribution in [2.75, 3.05) is 12.3 Å². The fourth-order valence-electron chi connectivity index (χ4n) is 1.99. The normalized spacial score (nSPS) is 11.0. The number of hydrogen-bond donors (Lipinski definition) is 1. The molecule has 25 heavy (non-hydrogen) atoms. The Kier molecular flexibility index (Phi) is 5.49. The Hall–Kier alpha value is -3.65. The zero-order valence-electron chi connectivity index (χ0n) is 13.7. The fourth-order valence-corrected chi connectivity index (χ4v) is 1.99. The molecule has 2 N–H and O–H groups in total. The van der Waals surface area contributed by atoms with Crippen LogP contribution in [-0.2, 0) is 4.74 Å². The summed E-state index contributed by atoms with van der Waals surface area (Å²) in [6.45, 7) is 3.29. The van der Waals surface area contributed by atoms with Gasteiger partial charge in [0, 0.05) is 5.56 Å². The summed E-state index contributed by atoms with van der Waals surface area (Å²) in [4.78, 5) is 20.4. The van der Waals surface area contributed by atoms with E-state index < -0.39 is 12.1 Å². The van der Waals surface area contributed by atoms with Crippen molar-refractivity contribution in [3.8, 4) is 29.4 Å². The van der Waals surface area contributed by atoms with Gasteiger partial charge in [0.2, 0.25) is 5.88 Å². The van der Waals surface area contributed by atoms with Gasteiger partial charge in [-0.15, -0.1) is 0 Å². The van der Waals surface area contributed by atoms with Gasteiger partial charge in [0.15, 0.2) is 17.5 Å². The van der Waals surface area contributed by atoms with Crippen molar-refractivity contribution in [2.45, 2.75) is 20.0 Å². The summed E-state index contributed by atoms with van der Waals surface area (Å²) < 4.78 is 10.3. The summed E-state index contributed by atoms with van der Waals surface area (Å²) in [7, 11) is 0. The smallest absolute Gasteiger partial charge is 0.347 e. The monoisotopic (exact) mass is 337 g/mol. The quantitative estimate of drug-likeness (QED) is 0.819. The largest absolute Gasteiger partial charge is 0.462 e. The fraction of sp³-hybridized carbons (Fsp3) is 0.235. The van der Waals surface area contributed by atoms with Gasteiger partial charge in [0.1, 0.15) is 11.9 Å². The first kappa shape index (κ1) is 17.7. The van der Waals surface area contributed by atoms with Gasteiger partial charge in [-0.05, 0) is 26.0 Å². The van der Waals surface area contributed by atoms with Crippen molar-refractivity contribution in [2.24, 2.45) is 0 Å². The standard InChI is InChI=1S/C17H15N5O3/c1-3-24-17(23)13-14(20)21-15(22-16(13)25-10(2)8-18)12-6-4-5-11(7-12)9-19/h4-7,10H,3H2,1-2H3,(H2,20,21,22). The number of nitrogen functional groups attached to an aromatic ring is 1. The van der Waals surface area contributed by atoms with E-state index >= 15 is 0 Å². The minimum absolute atomic E-state index is 0.133. The lowest BCUT2D eigenvalue weighted by molar-refractivity contribution is 0.0520. The SMILES string of the molecule is CCOC(=O)c1c(N)nc(-c2cccc(C#N)c2)nc1OC(C)C#N. The number of carbonyl (C=O) groups is 1. The lowest BCUT2D eigenvalue weighted by Crippen LogP contribution is -2.18. The Morgan fingerprint density at radius 2 is 2.12 bits per heavy atom. The molecular weight excluding hydrogens is 322 g/mol. The third kappa shape index (κ3) is 4.01. The predicted molar refractivity (Wildman–Crippen MR) is 88.3 cm³/mol. The summed E-state index contributed by atoms with van der Waals surface area (Å²) in [6.07, 6.45) is -0.860. The lowest BCUT2D eigenvalue weighted by Gasteiger charge is -2.14. The molecule has 8 nitrogen and oxygen atoms in total. The van der Waals surface area contributed by atoms with Gasteiger partial charge in [0.05, 0.1) is 18.2 Å². The molecule has 0 saturated heterocycles. The van der Waals surface area contributed by atoms with Crippen LogP contribution in [-0.4, -0.2) is 28.6 Å². The van der Waals surface area contributed by atoms with Gasteiger partial charge in [-0.3, -0.25) is 0 Å². The number of anilines is 1. The maximum Gasteiger partial charge on any atom is 0.347 e. The van der Waals surface area contributed by atoms with Gasteiger partial charge in [0.25, 0.3) is 0 Å². The van der Waals surface area contributed by atoms with E-state index in [0.29, 0.717) is 11.1 Å². The first-order chi connectivity index (χ1) is 12.0. The third-order valence-electron chi connectivity index (χ3n) is 3.10. The summed E-state index contributed by atoms with van der Waals surface area (Å²) in [5.74, 6) is -0.844. The van der Waals surface area contributed by atoms with Crippen LogP contribution in [0.2, 0.25) is 0 Å². The van der Waals surface area contributed by atoms with Crippen molar-refractivity contribution in [1.82, 2.24) is 9.97 Å². The first-order valence-corrected chi connectivity index (χ1v) is 7.41. The molecular formula is C17H15N5O3. The predicted octanol–water partition coefficient (Wildman–Crippen LogP) is 2.07. The van der Waals surface area contributed by atoms with E-state index in [-0.39, 0.29) is 29.7 Å². The average Bonchev–Trinajstić information content (AvgIpc) is 2.61. The summed E-state index contributed by atoms with van der Waals surface area (Å²) in [6, 6.07) is 10.5. The number of nitrogens with two attached hydrogens (primary N) is 1. The van der Waals surface area contributed by atoms with Crippen LogP contribution in [0.5, 0.6) is 5.88 Å². The van der Waals surface area contributed by atoms with Crippen molar-refractivity contribution >= 4 is 11.8 Å². The number of nitriles is 2. The zero-order valence-corrected chi connectivity index (χ0v) is 13.7. The molecule has 0 aliphatic heterocycles. The molecule has 0 radical (unpaired) electrons. The summed E-state index contributed by atoms with van der Waals surface area (Å²) in [5, 5.41) is 18.0. The van der Waals surface area contributed by atoms with Gasteiger partial charge >= 0.3 is 5.97 Å². The second-order valence-electron chi connectivity index (χ2n) is 4.91. The molecule has 2 rings (SSSR count). The number of rotatable bonds is 5. The Morgan fingerprint density at radius 3 is 2.76 bits per heavy atom. The zero-order chi connectivity index (χ0) is 18.4. The van der Waals surface area contributed by atoms with E-state index in [9.17, 15) is 4.79 Å². The van der Waals surface area contributed by atoms with E-state index in [2.05, 4.69) is 9.97 Å². The van der Waals surface area contributed by atoms with Gasteiger partial charge in [-0.25, -0.2) is 9.78 Å². The molecule has 0 spiro atoms. The van der Waals surface area contributed by atoms with Crippen LogP contribution in [0.15, 0.2) is 24.3 Å². The lowest BCUT2D eigenvalue weighted by atomic mass is 10.1. The first-order valence-electron chi connectivity index (χ1n) is 7.41. The number of ether oxygens (including phenoxy) is 2. The minimum atomic E-state index is -0.860. The number of aromatic nitrogens is 2. The third-order valence-corrected chi connectivity index (χ3v) is 3.10. The topological polar surface area (TPSA) is 135 Å². The number of esters is 1. The Labute approximate surface area is 144 Å². The van der Waals surface area contributed by atoms with E-state index in [1.807, 2.05) is 12.1 Å². The molecule has 1 unspecified atom stereocenters. The van der Waals surface area contributed by atoms with Gasteiger partial charge in [-0.2, -0.15) is 15.5 Å². The molecule has 8 heteroatoms. The molecule has 0 fully saturated rings. The molecule has 0 aliphatic rings. The Morgan fingerprint density at radius 1 is 1.36 bits per heavy atom. The van der Waals surface area contributed by atoms with Crippen LogP contribution < -0.4 is 10.5 Å². The molecule has 0 amide bonds. The molecule has 1 aromatic carbocycles. The number of nitrogens with zero attached hydrogens (tertiary/aromatic N) is 4. The molecule has 0 bridgehead atoms. The van der Waals surface area contributed by atoms with Crippen LogP contribution in [0.3, 0.4) is 0 Å². The van der Waals surface area contributed by atoms with E-state index in [1.54, 1.807) is 31.2 Å². The molecule has 1 aromatic heterocycles. The highest BCUT2D eigenvalue weighted by molar-refractivity contribution is 5.97. The molecule has 1 atom stereocenters. The van der Waals surface area contributed by atoms with Gasteiger partial charge < -0.3 is 15.2 Å². The summed E-state index contributed by atoms with van der Waals surface area (Å²) >= 11 is 0. The number of benzene rings is 1. The van der Waals surface area contributed by atoms with Gasteiger partial charge in [-0.1, -0.05) is 12.1 Å². The van der Waals surface area contributed by atoms with Crippen LogP contribution in [0.1, 0.15) is 29.8 Å². The number of carbonyl (C=O) groups excluding carboxylic acids is 1. The van der Waals surface area contributed by atoms with Crippen LogP contribution in [0, 0.1) is 22.7 Å². The highest BCUT2D eigenvalue weighted by Crippen LogP contribution is 2.27. The molecule has 0 aliphatic carbocycles. The van der Waals surface area contributed by atoms with E-state index in [0.717, 1.165) is 0 Å². The Bertz CT molecular complexity index is 883. The van der Waals surface area contributed by atoms with Crippen molar-refractivity contribution in [1.29, 1.82) is 10.5 Å². The highest BCUT2D eigenvalue weighted by atomic mass is 16.5. The minimum Gasteiger partial charge on any atom is -0.462 e. The molecule has 126 valence electrons. The van der Waals surface area contributed by atoms with Crippen LogP contribution >= 0.6 is 0 Å². The van der Waals surface area contributed by atoms with E-state index in [1.165, 1.54) is 6.92 Å². The van der Waals surface area contributed by atoms with Crippen molar-refractivity contribution in [3.05, 3.63) is 35.4 Å². The van der Waals surface area contributed by atoms with Crippen molar-refractivity contribution < 1.29 is 14.3 Å².